The van der Waals surface area contributed by atoms with Gasteiger partial charge in [0, 0.05) is 0 Å². The van der Waals surface area contributed by atoms with Crippen molar-refractivity contribution < 1.29 is 22.7 Å². The fraction of sp³-hybridized carbons (Fsp3) is 0.600. The van der Waals surface area contributed by atoms with Gasteiger partial charge in [0.2, 0.25) is 0 Å². The lowest BCUT2D eigenvalue weighted by Gasteiger charge is -1.95. The van der Waals surface area contributed by atoms with Crippen LogP contribution in [-0.2, 0) is 24.3 Å². The molecule has 0 aromatic carbocycles. The molecule has 0 amide bonds. The van der Waals surface area contributed by atoms with Gasteiger partial charge in [-0.1, -0.05) is 4.40 Å². The predicted molar refractivity (Wildman–Crippen MR) is 38.5 cm³/mol. The summed E-state index contributed by atoms with van der Waals surface area (Å²) in [4.78, 5) is 20.0. The first-order valence-electron chi connectivity index (χ1n) is 2.90. The van der Waals surface area contributed by atoms with Gasteiger partial charge in [0.05, 0.1) is 19.3 Å². The van der Waals surface area contributed by atoms with Crippen LogP contribution in [0.3, 0.4) is 0 Å². The standard InChI is InChI=1S/C5H7NO5S/c1-11-5(8)2-3-12(9,10)6-4-7/h2-3H2,1H3. The van der Waals surface area contributed by atoms with Crippen molar-refractivity contribution in [3.8, 4) is 0 Å². The number of carbonyl (C=O) groups is 1. The number of carbonyl (C=O) groups excluding carboxylic acids is 2. The van der Waals surface area contributed by atoms with Crippen molar-refractivity contribution >= 4 is 22.1 Å². The minimum atomic E-state index is -3.84. The molecule has 0 spiro atoms. The van der Waals surface area contributed by atoms with Crippen LogP contribution in [0.25, 0.3) is 0 Å². The number of methoxy groups -OCH3 is 1. The van der Waals surface area contributed by atoms with E-state index in [1.54, 1.807) is 0 Å². The molecule has 0 atom stereocenters. The van der Waals surface area contributed by atoms with Crippen LogP contribution in [-0.4, -0.2) is 33.3 Å². The summed E-state index contributed by atoms with van der Waals surface area (Å²) in [6.45, 7) is 0. The zero-order chi connectivity index (χ0) is 9.61. The fourth-order valence-electron chi connectivity index (χ4n) is 0.417. The zero-order valence-electron chi connectivity index (χ0n) is 6.31. The van der Waals surface area contributed by atoms with Crippen molar-refractivity contribution in [2.75, 3.05) is 12.9 Å². The Morgan fingerprint density at radius 1 is 1.58 bits per heavy atom. The summed E-state index contributed by atoms with van der Waals surface area (Å²) >= 11 is 0. The molecule has 0 aliphatic heterocycles. The highest BCUT2D eigenvalue weighted by molar-refractivity contribution is 7.90. The third-order valence-electron chi connectivity index (χ3n) is 0.968. The molecule has 0 fully saturated rings. The van der Waals surface area contributed by atoms with Crippen molar-refractivity contribution in [2.45, 2.75) is 6.42 Å². The van der Waals surface area contributed by atoms with E-state index in [1.807, 2.05) is 0 Å². The second kappa shape index (κ2) is 4.63. The Bertz CT molecular complexity index is 300. The van der Waals surface area contributed by atoms with Crippen LogP contribution in [0.2, 0.25) is 0 Å². The largest absolute Gasteiger partial charge is 0.469 e. The van der Waals surface area contributed by atoms with E-state index in [0.29, 0.717) is 0 Å². The van der Waals surface area contributed by atoms with Crippen LogP contribution in [0, 0.1) is 0 Å². The van der Waals surface area contributed by atoms with Crippen LogP contribution in [0.1, 0.15) is 6.42 Å². The lowest BCUT2D eigenvalue weighted by atomic mass is 10.5. The highest BCUT2D eigenvalue weighted by Gasteiger charge is 2.11. The summed E-state index contributed by atoms with van der Waals surface area (Å²) in [6.07, 6.45) is 0.569. The van der Waals surface area contributed by atoms with Gasteiger partial charge in [-0.3, -0.25) is 4.79 Å². The smallest absolute Gasteiger partial charge is 0.306 e. The lowest BCUT2D eigenvalue weighted by molar-refractivity contribution is -0.140. The highest BCUT2D eigenvalue weighted by atomic mass is 32.2. The third-order valence-corrected chi connectivity index (χ3v) is 2.04. The van der Waals surface area contributed by atoms with E-state index in [-0.39, 0.29) is 6.42 Å². The molecule has 0 unspecified atom stereocenters. The van der Waals surface area contributed by atoms with Crippen molar-refractivity contribution in [1.29, 1.82) is 0 Å². The third kappa shape index (κ3) is 4.59. The van der Waals surface area contributed by atoms with Crippen molar-refractivity contribution in [3.05, 3.63) is 0 Å². The molecule has 6 nitrogen and oxygen atoms in total. The van der Waals surface area contributed by atoms with Crippen LogP contribution < -0.4 is 0 Å². The predicted octanol–water partition coefficient (Wildman–Crippen LogP) is -0.785. The number of hydrogen-bond acceptors (Lipinski definition) is 5. The van der Waals surface area contributed by atoms with E-state index >= 15 is 0 Å². The topological polar surface area (TPSA) is 89.9 Å². The number of hydrogen-bond donors (Lipinski definition) is 0. The molecule has 12 heavy (non-hydrogen) atoms. The first-order valence-corrected chi connectivity index (χ1v) is 4.51. The number of ether oxygens (including phenoxy) is 1. The molecule has 0 aliphatic rings. The molecule has 0 bridgehead atoms. The van der Waals surface area contributed by atoms with Gasteiger partial charge in [0.15, 0.2) is 0 Å². The van der Waals surface area contributed by atoms with E-state index in [9.17, 15) is 18.0 Å². The van der Waals surface area contributed by atoms with Gasteiger partial charge in [-0.2, -0.15) is 0 Å². The van der Waals surface area contributed by atoms with Crippen molar-refractivity contribution in [2.24, 2.45) is 4.40 Å². The van der Waals surface area contributed by atoms with Crippen LogP contribution in [0.5, 0.6) is 0 Å². The maximum absolute atomic E-state index is 10.6. The number of esters is 1. The molecule has 0 aromatic heterocycles. The minimum absolute atomic E-state index is 0.315. The van der Waals surface area contributed by atoms with E-state index < -0.39 is 21.7 Å². The SMILES string of the molecule is COC(=O)CCS(=O)(=O)N=C=O. The molecular weight excluding hydrogens is 186 g/mol. The Morgan fingerprint density at radius 3 is 2.58 bits per heavy atom. The van der Waals surface area contributed by atoms with E-state index in [1.165, 1.54) is 0 Å². The Kier molecular flexibility index (Phi) is 4.17. The van der Waals surface area contributed by atoms with Crippen molar-refractivity contribution in [3.63, 3.8) is 0 Å². The zero-order valence-corrected chi connectivity index (χ0v) is 7.13. The maximum atomic E-state index is 10.6. The minimum Gasteiger partial charge on any atom is -0.469 e. The first-order chi connectivity index (χ1) is 5.52. The van der Waals surface area contributed by atoms with Gasteiger partial charge < -0.3 is 4.74 Å². The average Bonchev–Trinajstić information content (AvgIpc) is 2.00. The van der Waals surface area contributed by atoms with Gasteiger partial charge in [-0.05, 0) is 0 Å². The Balaban J connectivity index is 4.11. The molecule has 0 aliphatic carbocycles. The Morgan fingerprint density at radius 2 is 2.17 bits per heavy atom. The molecule has 0 aromatic rings. The lowest BCUT2D eigenvalue weighted by Crippen LogP contribution is -2.09. The Hall–Kier alpha value is -1.20. The van der Waals surface area contributed by atoms with E-state index in [2.05, 4.69) is 9.13 Å². The monoisotopic (exact) mass is 193 g/mol. The molecule has 7 heteroatoms. The highest BCUT2D eigenvalue weighted by Crippen LogP contribution is 1.95. The van der Waals surface area contributed by atoms with Gasteiger partial charge >= 0.3 is 5.97 Å². The van der Waals surface area contributed by atoms with Crippen LogP contribution >= 0.6 is 0 Å². The summed E-state index contributed by atoms with van der Waals surface area (Å²) in [5.74, 6) is -1.20. The molecular formula is C5H7NO5S. The second-order valence-electron chi connectivity index (χ2n) is 1.79. The molecule has 0 heterocycles. The van der Waals surface area contributed by atoms with Gasteiger partial charge in [0.1, 0.15) is 0 Å². The number of rotatable bonds is 4. The fourth-order valence-corrected chi connectivity index (χ4v) is 1.05. The molecule has 0 radical (unpaired) electrons. The average molecular weight is 193 g/mol. The summed E-state index contributed by atoms with van der Waals surface area (Å²) in [5.41, 5.74) is 0. The summed E-state index contributed by atoms with van der Waals surface area (Å²) in [7, 11) is -2.70. The van der Waals surface area contributed by atoms with Gasteiger partial charge in [0.25, 0.3) is 16.1 Å². The quantitative estimate of drug-likeness (QED) is 0.331. The normalized spacial score (nSPS) is 10.1. The molecule has 0 saturated carbocycles. The molecule has 0 rings (SSSR count). The van der Waals surface area contributed by atoms with E-state index in [4.69, 9.17) is 0 Å². The number of isocyanates is 1. The van der Waals surface area contributed by atoms with Crippen molar-refractivity contribution in [1.82, 2.24) is 0 Å². The maximum Gasteiger partial charge on any atom is 0.306 e. The summed E-state index contributed by atoms with van der Waals surface area (Å²) in [6, 6.07) is 0. The Labute approximate surface area is 69.3 Å². The first kappa shape index (κ1) is 10.8. The summed E-state index contributed by atoms with van der Waals surface area (Å²) < 4.78 is 27.9. The second-order valence-corrected chi connectivity index (χ2v) is 3.55. The van der Waals surface area contributed by atoms with Crippen LogP contribution in [0.15, 0.2) is 4.40 Å². The van der Waals surface area contributed by atoms with Gasteiger partial charge in [-0.15, -0.1) is 0 Å². The molecule has 68 valence electrons. The molecule has 0 saturated heterocycles. The number of nitrogens with zero attached hydrogens (tertiary/aromatic N) is 1. The van der Waals surface area contributed by atoms with E-state index in [0.717, 1.165) is 13.2 Å². The van der Waals surface area contributed by atoms with Gasteiger partial charge in [-0.25, -0.2) is 13.2 Å². The molecule has 0 N–H and O–H groups in total. The van der Waals surface area contributed by atoms with Crippen LogP contribution in [0.4, 0.5) is 0 Å². The summed E-state index contributed by atoms with van der Waals surface area (Å²) in [5, 5.41) is 0. The number of sulfonamides is 1.